The molecule has 4 aromatic rings. The molecule has 0 amide bonds. The molecule has 0 radical (unpaired) electrons. The summed E-state index contributed by atoms with van der Waals surface area (Å²) in [7, 11) is 1.64. The third kappa shape index (κ3) is 2.39. The van der Waals surface area contributed by atoms with Crippen molar-refractivity contribution in [3.63, 3.8) is 0 Å². The van der Waals surface area contributed by atoms with Crippen molar-refractivity contribution in [2.24, 2.45) is 0 Å². The number of ether oxygens (including phenoxy) is 1. The number of pyridine rings is 1. The quantitative estimate of drug-likeness (QED) is 0.530. The maximum Gasteiger partial charge on any atom is 0.165 e. The summed E-state index contributed by atoms with van der Waals surface area (Å²) in [4.78, 5) is 17.6. The topological polar surface area (TPSA) is 67.4 Å². The zero-order valence-electron chi connectivity index (χ0n) is 15.3. The van der Waals surface area contributed by atoms with Crippen LogP contribution < -0.4 is 4.74 Å². The molecule has 2 aromatic carbocycles. The lowest BCUT2D eigenvalue weighted by Crippen LogP contribution is -2.22. The number of carbonyl (C=O) groups excluding carboxylic acids is 1. The number of nitriles is 1. The van der Waals surface area contributed by atoms with Crippen LogP contribution in [0.4, 0.5) is 0 Å². The highest BCUT2D eigenvalue weighted by Gasteiger charge is 2.30. The zero-order valence-corrected chi connectivity index (χ0v) is 15.3. The molecule has 0 saturated carbocycles. The third-order valence-electron chi connectivity index (χ3n) is 5.55. The van der Waals surface area contributed by atoms with E-state index >= 15 is 0 Å². The molecule has 5 nitrogen and oxygen atoms in total. The standard InChI is InChI=1S/C23H17N3O2/c1-28-17-8-6-14(7-9-17)15-11-21-18(22(27)12-15)10-16(13-24)23-25-19-4-2-3-5-20(19)26(21)23/h2-10,15H,11-12H2,1H3/t15-/m0/s1. The molecule has 0 spiro atoms. The third-order valence-corrected chi connectivity index (χ3v) is 5.55. The summed E-state index contributed by atoms with van der Waals surface area (Å²) in [5.41, 5.74) is 5.48. The van der Waals surface area contributed by atoms with E-state index in [2.05, 4.69) is 11.1 Å². The fourth-order valence-electron chi connectivity index (χ4n) is 4.17. The van der Waals surface area contributed by atoms with Gasteiger partial charge in [-0.15, -0.1) is 0 Å². The van der Waals surface area contributed by atoms with Crippen molar-refractivity contribution in [1.29, 1.82) is 5.26 Å². The predicted octanol–water partition coefficient (Wildman–Crippen LogP) is 4.28. The predicted molar refractivity (Wildman–Crippen MR) is 106 cm³/mol. The minimum absolute atomic E-state index is 0.0678. The van der Waals surface area contributed by atoms with E-state index in [9.17, 15) is 10.1 Å². The van der Waals surface area contributed by atoms with Gasteiger partial charge in [0, 0.05) is 17.7 Å². The van der Waals surface area contributed by atoms with Crippen LogP contribution in [0.1, 0.15) is 39.5 Å². The fraction of sp³-hybridized carbons (Fsp3) is 0.174. The minimum Gasteiger partial charge on any atom is -0.497 e. The lowest BCUT2D eigenvalue weighted by atomic mass is 9.81. The van der Waals surface area contributed by atoms with E-state index in [1.165, 1.54) is 0 Å². The number of Topliss-reactive ketones (excluding diaryl/α,β-unsaturated/α-hetero) is 1. The largest absolute Gasteiger partial charge is 0.497 e. The van der Waals surface area contributed by atoms with Gasteiger partial charge in [0.25, 0.3) is 0 Å². The van der Waals surface area contributed by atoms with Gasteiger partial charge in [-0.25, -0.2) is 4.98 Å². The maximum atomic E-state index is 13.0. The van der Waals surface area contributed by atoms with Gasteiger partial charge in [-0.1, -0.05) is 24.3 Å². The van der Waals surface area contributed by atoms with Crippen LogP contribution in [0.5, 0.6) is 5.75 Å². The van der Waals surface area contributed by atoms with Crippen molar-refractivity contribution in [1.82, 2.24) is 9.38 Å². The summed E-state index contributed by atoms with van der Waals surface area (Å²) >= 11 is 0. The lowest BCUT2D eigenvalue weighted by Gasteiger charge is -2.25. The molecule has 0 bridgehead atoms. The highest BCUT2D eigenvalue weighted by molar-refractivity contribution is 6.00. The van der Waals surface area contributed by atoms with Crippen LogP contribution in [0.3, 0.4) is 0 Å². The van der Waals surface area contributed by atoms with E-state index in [1.807, 2.05) is 52.9 Å². The summed E-state index contributed by atoms with van der Waals surface area (Å²) in [5, 5.41) is 9.60. The number of ketones is 1. The van der Waals surface area contributed by atoms with Gasteiger partial charge < -0.3 is 4.74 Å². The molecule has 0 fully saturated rings. The summed E-state index contributed by atoms with van der Waals surface area (Å²) in [6.07, 6.45) is 1.15. The molecule has 0 saturated heterocycles. The number of para-hydroxylation sites is 2. The summed E-state index contributed by atoms with van der Waals surface area (Å²) in [6, 6.07) is 19.6. The first-order valence-electron chi connectivity index (χ1n) is 9.20. The normalized spacial score (nSPS) is 16.1. The molecule has 1 aliphatic rings. The lowest BCUT2D eigenvalue weighted by molar-refractivity contribution is 0.0963. The number of carbonyl (C=O) groups is 1. The summed E-state index contributed by atoms with van der Waals surface area (Å²) < 4.78 is 7.24. The number of nitrogens with zero attached hydrogens (tertiary/aromatic N) is 3. The number of aromatic nitrogens is 2. The molecule has 5 heteroatoms. The molecular weight excluding hydrogens is 350 g/mol. The van der Waals surface area contributed by atoms with E-state index in [0.29, 0.717) is 23.2 Å². The Balaban J connectivity index is 1.73. The monoisotopic (exact) mass is 367 g/mol. The van der Waals surface area contributed by atoms with Gasteiger partial charge in [-0.05, 0) is 48.2 Å². The Morgan fingerprint density at radius 3 is 2.68 bits per heavy atom. The second kappa shape index (κ2) is 6.21. The van der Waals surface area contributed by atoms with E-state index in [1.54, 1.807) is 13.2 Å². The first-order valence-corrected chi connectivity index (χ1v) is 9.20. The van der Waals surface area contributed by atoms with Crippen LogP contribution in [-0.4, -0.2) is 22.3 Å². The molecule has 1 atom stereocenters. The van der Waals surface area contributed by atoms with Crippen LogP contribution in [0.25, 0.3) is 16.7 Å². The number of methoxy groups -OCH3 is 1. The van der Waals surface area contributed by atoms with Gasteiger partial charge in [0.15, 0.2) is 11.4 Å². The number of rotatable bonds is 2. The first kappa shape index (κ1) is 16.5. The molecule has 28 heavy (non-hydrogen) atoms. The molecule has 2 aromatic heterocycles. The number of imidazole rings is 1. The molecule has 2 heterocycles. The van der Waals surface area contributed by atoms with Crippen LogP contribution in [0.15, 0.2) is 54.6 Å². The van der Waals surface area contributed by atoms with Crippen LogP contribution in [0.2, 0.25) is 0 Å². The first-order chi connectivity index (χ1) is 13.7. The number of hydrogen-bond acceptors (Lipinski definition) is 4. The van der Waals surface area contributed by atoms with E-state index in [0.717, 1.165) is 34.5 Å². The summed E-state index contributed by atoms with van der Waals surface area (Å²) in [5.74, 6) is 0.953. The van der Waals surface area contributed by atoms with Crippen molar-refractivity contribution < 1.29 is 9.53 Å². The maximum absolute atomic E-state index is 13.0. The smallest absolute Gasteiger partial charge is 0.165 e. The van der Waals surface area contributed by atoms with Gasteiger partial charge >= 0.3 is 0 Å². The number of fused-ring (bicyclic) bond motifs is 5. The molecule has 0 N–H and O–H groups in total. The minimum atomic E-state index is 0.0678. The van der Waals surface area contributed by atoms with E-state index in [4.69, 9.17) is 4.74 Å². The van der Waals surface area contributed by atoms with Gasteiger partial charge in [-0.3, -0.25) is 9.20 Å². The zero-order chi connectivity index (χ0) is 19.3. The average molecular weight is 367 g/mol. The Morgan fingerprint density at radius 1 is 1.14 bits per heavy atom. The van der Waals surface area contributed by atoms with Crippen molar-refractivity contribution in [3.05, 3.63) is 77.0 Å². The van der Waals surface area contributed by atoms with Crippen molar-refractivity contribution in [3.8, 4) is 11.8 Å². The van der Waals surface area contributed by atoms with Gasteiger partial charge in [-0.2, -0.15) is 5.26 Å². The molecule has 136 valence electrons. The van der Waals surface area contributed by atoms with Crippen molar-refractivity contribution >= 4 is 22.5 Å². The van der Waals surface area contributed by atoms with Crippen molar-refractivity contribution in [2.45, 2.75) is 18.8 Å². The van der Waals surface area contributed by atoms with Crippen LogP contribution >= 0.6 is 0 Å². The fourth-order valence-corrected chi connectivity index (χ4v) is 4.17. The Kier molecular flexibility index (Phi) is 3.66. The average Bonchev–Trinajstić information content (AvgIpc) is 3.13. The van der Waals surface area contributed by atoms with E-state index in [-0.39, 0.29) is 11.7 Å². The number of hydrogen-bond donors (Lipinski definition) is 0. The second-order valence-corrected chi connectivity index (χ2v) is 7.09. The number of benzene rings is 2. The second-order valence-electron chi connectivity index (χ2n) is 7.09. The van der Waals surface area contributed by atoms with Gasteiger partial charge in [0.1, 0.15) is 11.8 Å². The summed E-state index contributed by atoms with van der Waals surface area (Å²) in [6.45, 7) is 0. The Morgan fingerprint density at radius 2 is 1.93 bits per heavy atom. The van der Waals surface area contributed by atoms with Gasteiger partial charge in [0.05, 0.1) is 23.7 Å². The molecule has 0 unspecified atom stereocenters. The highest BCUT2D eigenvalue weighted by Crippen LogP contribution is 2.36. The van der Waals surface area contributed by atoms with Crippen molar-refractivity contribution in [2.75, 3.05) is 7.11 Å². The Labute approximate surface area is 161 Å². The van der Waals surface area contributed by atoms with E-state index < -0.39 is 0 Å². The molecule has 1 aliphatic carbocycles. The van der Waals surface area contributed by atoms with Gasteiger partial charge in [0.2, 0.25) is 0 Å². The van der Waals surface area contributed by atoms with Crippen LogP contribution in [0, 0.1) is 11.3 Å². The molecular formula is C23H17N3O2. The molecule has 0 aliphatic heterocycles. The highest BCUT2D eigenvalue weighted by atomic mass is 16.5. The SMILES string of the molecule is COc1ccc([C@@H]2CC(=O)c3cc(C#N)c4nc5ccccc5n4c3C2)cc1. The Hall–Kier alpha value is -3.65. The Bertz CT molecular complexity index is 1280. The van der Waals surface area contributed by atoms with Crippen LogP contribution in [-0.2, 0) is 6.42 Å². The molecule has 5 rings (SSSR count).